The minimum absolute atomic E-state index is 0.0830. The third kappa shape index (κ3) is 5.47. The Bertz CT molecular complexity index is 1060. The van der Waals surface area contributed by atoms with Crippen LogP contribution in [0.2, 0.25) is 0 Å². The number of benzene rings is 2. The summed E-state index contributed by atoms with van der Waals surface area (Å²) >= 11 is 0. The van der Waals surface area contributed by atoms with Crippen LogP contribution < -0.4 is 10.6 Å². The Hall–Kier alpha value is -3.43. The number of nitrogens with one attached hydrogen (secondary N) is 2. The van der Waals surface area contributed by atoms with E-state index in [4.69, 9.17) is 14.6 Å². The second-order valence-corrected chi connectivity index (χ2v) is 9.38. The average Bonchev–Trinajstić information content (AvgIpc) is 3.15. The third-order valence-corrected chi connectivity index (χ3v) is 6.75. The summed E-state index contributed by atoms with van der Waals surface area (Å²) in [5, 5.41) is 24.2. The average molecular weight is 483 g/mol. The molecule has 186 valence electrons. The van der Waals surface area contributed by atoms with E-state index >= 15 is 0 Å². The molecular weight excluding hydrogens is 452 g/mol. The molecule has 9 heteroatoms. The maximum atomic E-state index is 12.9. The maximum Gasteiger partial charge on any atom is 0.407 e. The first-order valence-corrected chi connectivity index (χ1v) is 11.6. The molecule has 2 aliphatic rings. The Morgan fingerprint density at radius 1 is 1.06 bits per heavy atom. The van der Waals surface area contributed by atoms with Crippen molar-refractivity contribution in [2.75, 3.05) is 26.4 Å². The van der Waals surface area contributed by atoms with Crippen LogP contribution in [-0.4, -0.2) is 65.7 Å². The fourth-order valence-electron chi connectivity index (χ4n) is 4.68. The van der Waals surface area contributed by atoms with Crippen molar-refractivity contribution in [3.63, 3.8) is 0 Å². The summed E-state index contributed by atoms with van der Waals surface area (Å²) in [6.07, 6.45) is 0.0925. The minimum Gasteiger partial charge on any atom is -0.479 e. The Morgan fingerprint density at radius 2 is 1.63 bits per heavy atom. The SMILES string of the molecule is CC(O)(CNC(=O)CC1(NC(=O)OCC2c3ccccc3-c3ccccc32)CCOCC1)C(=O)O. The van der Waals surface area contributed by atoms with Crippen molar-refractivity contribution < 1.29 is 34.1 Å². The molecule has 0 radical (unpaired) electrons. The zero-order valence-corrected chi connectivity index (χ0v) is 19.6. The van der Waals surface area contributed by atoms with Gasteiger partial charge in [-0.15, -0.1) is 0 Å². The molecule has 35 heavy (non-hydrogen) atoms. The van der Waals surface area contributed by atoms with Gasteiger partial charge in [-0.3, -0.25) is 4.79 Å². The van der Waals surface area contributed by atoms with Crippen molar-refractivity contribution in [3.8, 4) is 11.1 Å². The molecule has 1 saturated heterocycles. The zero-order chi connectivity index (χ0) is 25.1. The standard InChI is InChI=1S/C26H30N2O7/c1-25(33,23(30)31)16-27-22(29)14-26(10-12-34-13-11-26)28-24(32)35-15-21-19-8-4-2-6-17(19)18-7-3-5-9-20(18)21/h2-9,21,33H,10-16H2,1H3,(H,27,29)(H,28,32)(H,30,31). The van der Waals surface area contributed by atoms with Crippen LogP contribution in [-0.2, 0) is 19.1 Å². The highest BCUT2D eigenvalue weighted by molar-refractivity contribution is 5.82. The first-order valence-electron chi connectivity index (χ1n) is 11.6. The molecule has 1 fully saturated rings. The summed E-state index contributed by atoms with van der Waals surface area (Å²) in [6, 6.07) is 16.1. The Balaban J connectivity index is 1.40. The van der Waals surface area contributed by atoms with Gasteiger partial charge in [0.2, 0.25) is 5.91 Å². The molecule has 2 amide bonds. The number of aliphatic hydroxyl groups is 1. The van der Waals surface area contributed by atoms with Crippen LogP contribution in [0.15, 0.2) is 48.5 Å². The number of carboxylic acids is 1. The number of hydrogen-bond donors (Lipinski definition) is 4. The summed E-state index contributed by atoms with van der Waals surface area (Å²) in [6.45, 7) is 1.54. The van der Waals surface area contributed by atoms with E-state index in [9.17, 15) is 19.5 Å². The predicted molar refractivity (Wildman–Crippen MR) is 127 cm³/mol. The highest BCUT2D eigenvalue weighted by Gasteiger charge is 2.38. The maximum absolute atomic E-state index is 12.9. The van der Waals surface area contributed by atoms with Crippen molar-refractivity contribution in [1.82, 2.24) is 10.6 Å². The molecule has 2 aromatic rings. The number of rotatable bonds is 8. The van der Waals surface area contributed by atoms with Gasteiger partial charge in [-0.25, -0.2) is 9.59 Å². The highest BCUT2D eigenvalue weighted by Crippen LogP contribution is 2.44. The lowest BCUT2D eigenvalue weighted by Gasteiger charge is -2.37. The second kappa shape index (κ2) is 10.1. The lowest BCUT2D eigenvalue weighted by molar-refractivity contribution is -0.156. The number of carboxylic acid groups (broad SMARTS) is 1. The summed E-state index contributed by atoms with van der Waals surface area (Å²) in [7, 11) is 0. The van der Waals surface area contributed by atoms with E-state index in [1.807, 2.05) is 36.4 Å². The molecule has 9 nitrogen and oxygen atoms in total. The fraction of sp³-hybridized carbons (Fsp3) is 0.423. The van der Waals surface area contributed by atoms with E-state index in [-0.39, 0.29) is 18.9 Å². The van der Waals surface area contributed by atoms with Crippen molar-refractivity contribution in [2.24, 2.45) is 0 Å². The van der Waals surface area contributed by atoms with Crippen LogP contribution in [0.25, 0.3) is 11.1 Å². The monoisotopic (exact) mass is 482 g/mol. The molecule has 0 aromatic heterocycles. The highest BCUT2D eigenvalue weighted by atomic mass is 16.5. The first-order chi connectivity index (χ1) is 16.7. The van der Waals surface area contributed by atoms with Crippen molar-refractivity contribution in [3.05, 3.63) is 59.7 Å². The number of alkyl carbamates (subject to hydrolysis) is 1. The molecule has 2 aromatic carbocycles. The van der Waals surface area contributed by atoms with Gasteiger partial charge in [0, 0.05) is 25.6 Å². The van der Waals surface area contributed by atoms with E-state index < -0.39 is 35.7 Å². The van der Waals surface area contributed by atoms with Gasteiger partial charge >= 0.3 is 12.1 Å². The number of hydrogen-bond acceptors (Lipinski definition) is 6. The summed E-state index contributed by atoms with van der Waals surface area (Å²) in [4.78, 5) is 36.5. The molecule has 0 bridgehead atoms. The second-order valence-electron chi connectivity index (χ2n) is 9.38. The zero-order valence-electron chi connectivity index (χ0n) is 19.6. The van der Waals surface area contributed by atoms with Crippen molar-refractivity contribution in [1.29, 1.82) is 0 Å². The smallest absolute Gasteiger partial charge is 0.407 e. The Labute approximate surface area is 203 Å². The fourth-order valence-corrected chi connectivity index (χ4v) is 4.68. The molecular formula is C26H30N2O7. The summed E-state index contributed by atoms with van der Waals surface area (Å²) < 4.78 is 11.1. The summed E-state index contributed by atoms with van der Waals surface area (Å²) in [5.41, 5.74) is 1.50. The normalized spacial score (nSPS) is 18.0. The van der Waals surface area contributed by atoms with Crippen LogP contribution in [0, 0.1) is 0 Å². The van der Waals surface area contributed by atoms with Crippen LogP contribution in [0.4, 0.5) is 4.79 Å². The molecule has 1 unspecified atom stereocenters. The van der Waals surface area contributed by atoms with Gasteiger partial charge in [0.15, 0.2) is 5.60 Å². The largest absolute Gasteiger partial charge is 0.479 e. The van der Waals surface area contributed by atoms with Crippen molar-refractivity contribution >= 4 is 18.0 Å². The molecule has 1 aliphatic heterocycles. The van der Waals surface area contributed by atoms with Gasteiger partial charge in [0.1, 0.15) is 6.61 Å². The molecule has 4 rings (SSSR count). The molecule has 0 saturated carbocycles. The van der Waals surface area contributed by atoms with Gasteiger partial charge < -0.3 is 30.3 Å². The van der Waals surface area contributed by atoms with Crippen LogP contribution in [0.1, 0.15) is 43.2 Å². The van der Waals surface area contributed by atoms with Gasteiger partial charge in [-0.05, 0) is 42.0 Å². The Kier molecular flexibility index (Phi) is 7.09. The number of aliphatic carboxylic acids is 1. The van der Waals surface area contributed by atoms with E-state index in [1.54, 1.807) is 0 Å². The van der Waals surface area contributed by atoms with Crippen LogP contribution in [0.3, 0.4) is 0 Å². The van der Waals surface area contributed by atoms with Crippen LogP contribution >= 0.6 is 0 Å². The van der Waals surface area contributed by atoms with Gasteiger partial charge in [0.25, 0.3) is 0 Å². The number of carbonyl (C=O) groups is 3. The lowest BCUT2D eigenvalue weighted by Crippen LogP contribution is -2.55. The van der Waals surface area contributed by atoms with E-state index in [0.29, 0.717) is 26.1 Å². The molecule has 1 heterocycles. The molecule has 1 atom stereocenters. The lowest BCUT2D eigenvalue weighted by atomic mass is 9.86. The molecule has 0 spiro atoms. The molecule has 1 aliphatic carbocycles. The van der Waals surface area contributed by atoms with Crippen molar-refractivity contribution in [2.45, 2.75) is 43.2 Å². The number of carbonyl (C=O) groups excluding carboxylic acids is 2. The number of amides is 2. The van der Waals surface area contributed by atoms with Gasteiger partial charge in [0.05, 0.1) is 12.1 Å². The minimum atomic E-state index is -2.08. The van der Waals surface area contributed by atoms with Crippen LogP contribution in [0.5, 0.6) is 0 Å². The molecule has 4 N–H and O–H groups in total. The number of ether oxygens (including phenoxy) is 2. The van der Waals surface area contributed by atoms with E-state index in [2.05, 4.69) is 22.8 Å². The Morgan fingerprint density at radius 3 is 2.20 bits per heavy atom. The third-order valence-electron chi connectivity index (χ3n) is 6.75. The number of fused-ring (bicyclic) bond motifs is 3. The van der Waals surface area contributed by atoms with Gasteiger partial charge in [-0.1, -0.05) is 48.5 Å². The van der Waals surface area contributed by atoms with Gasteiger partial charge in [-0.2, -0.15) is 0 Å². The first kappa shape index (κ1) is 24.7. The van der Waals surface area contributed by atoms with E-state index in [0.717, 1.165) is 29.2 Å². The topological polar surface area (TPSA) is 134 Å². The quantitative estimate of drug-likeness (QED) is 0.454. The van der Waals surface area contributed by atoms with E-state index in [1.165, 1.54) is 0 Å². The summed E-state index contributed by atoms with van der Waals surface area (Å²) in [5.74, 6) is -2.00. The predicted octanol–water partition coefficient (Wildman–Crippen LogP) is 2.42.